The summed E-state index contributed by atoms with van der Waals surface area (Å²) in [6.45, 7) is 1.09. The Hall–Kier alpha value is -0.500. The Morgan fingerprint density at radius 1 is 1.11 bits per heavy atom. The van der Waals surface area contributed by atoms with Gasteiger partial charge in [0.25, 0.3) is 0 Å². The average Bonchev–Trinajstić information content (AvgIpc) is 2.26. The molecule has 0 aliphatic carbocycles. The average molecular weight is 292 g/mol. The Morgan fingerprint density at radius 3 is 1.89 bits per heavy atom. The number of hydrogen-bond donors (Lipinski definition) is 1. The molecule has 0 bridgehead atoms. The van der Waals surface area contributed by atoms with Crippen molar-refractivity contribution in [1.29, 1.82) is 0 Å². The van der Waals surface area contributed by atoms with E-state index in [1.54, 1.807) is 0 Å². The van der Waals surface area contributed by atoms with Crippen molar-refractivity contribution in [2.24, 2.45) is 11.7 Å². The molecule has 1 saturated heterocycles. The van der Waals surface area contributed by atoms with Crippen LogP contribution >= 0.6 is 0 Å². The van der Waals surface area contributed by atoms with Gasteiger partial charge in [-0.2, -0.15) is 26.3 Å². The van der Waals surface area contributed by atoms with Crippen LogP contribution in [0.1, 0.15) is 26.2 Å². The van der Waals surface area contributed by atoms with Crippen LogP contribution in [-0.2, 0) is 0 Å². The van der Waals surface area contributed by atoms with Crippen molar-refractivity contribution in [2.75, 3.05) is 13.1 Å². The van der Waals surface area contributed by atoms with Crippen LogP contribution in [0.15, 0.2) is 0 Å². The van der Waals surface area contributed by atoms with Crippen LogP contribution in [-0.4, -0.2) is 42.4 Å². The van der Waals surface area contributed by atoms with E-state index in [0.29, 0.717) is 0 Å². The lowest BCUT2D eigenvalue weighted by Gasteiger charge is -2.40. The summed E-state index contributed by atoms with van der Waals surface area (Å²) in [6.07, 6.45) is -9.31. The Balaban J connectivity index is 2.70. The molecule has 0 spiro atoms. The third kappa shape index (κ3) is 4.24. The number of alkyl halides is 6. The topological polar surface area (TPSA) is 29.3 Å². The monoisotopic (exact) mass is 292 g/mol. The second-order valence-electron chi connectivity index (χ2n) is 4.91. The van der Waals surface area contributed by atoms with Crippen molar-refractivity contribution in [3.05, 3.63) is 0 Å². The van der Waals surface area contributed by atoms with E-state index < -0.39 is 30.4 Å². The number of halogens is 6. The van der Waals surface area contributed by atoms with Gasteiger partial charge in [-0.15, -0.1) is 0 Å². The Kier molecular flexibility index (Phi) is 5.11. The van der Waals surface area contributed by atoms with Crippen LogP contribution < -0.4 is 5.73 Å². The number of piperidine rings is 1. The highest BCUT2D eigenvalue weighted by atomic mass is 19.4. The van der Waals surface area contributed by atoms with Gasteiger partial charge in [0.1, 0.15) is 6.04 Å². The number of hydrogen-bond acceptors (Lipinski definition) is 2. The van der Waals surface area contributed by atoms with Gasteiger partial charge in [-0.25, -0.2) is 0 Å². The van der Waals surface area contributed by atoms with E-state index in [2.05, 4.69) is 0 Å². The zero-order valence-electron chi connectivity index (χ0n) is 10.6. The fourth-order valence-electron chi connectivity index (χ4n) is 2.45. The highest BCUT2D eigenvalue weighted by molar-refractivity contribution is 4.90. The van der Waals surface area contributed by atoms with Crippen molar-refractivity contribution >= 4 is 0 Å². The minimum absolute atomic E-state index is 0.128. The smallest absolute Gasteiger partial charge is 0.326 e. The minimum Gasteiger partial charge on any atom is -0.326 e. The van der Waals surface area contributed by atoms with Crippen LogP contribution in [0.2, 0.25) is 0 Å². The maximum Gasteiger partial charge on any atom is 0.405 e. The van der Waals surface area contributed by atoms with Gasteiger partial charge in [0.2, 0.25) is 0 Å². The van der Waals surface area contributed by atoms with Crippen molar-refractivity contribution < 1.29 is 26.3 Å². The van der Waals surface area contributed by atoms with Gasteiger partial charge in [0, 0.05) is 6.04 Å². The summed E-state index contributed by atoms with van der Waals surface area (Å²) in [4.78, 5) is 1.04. The largest absolute Gasteiger partial charge is 0.405 e. The maximum absolute atomic E-state index is 12.9. The highest BCUT2D eigenvalue weighted by Crippen LogP contribution is 2.37. The Morgan fingerprint density at radius 2 is 1.58 bits per heavy atom. The molecule has 19 heavy (non-hydrogen) atoms. The SMILES string of the molecule is CCC(N)C(N1CCC(C(F)(F)F)CC1)C(F)(F)F. The van der Waals surface area contributed by atoms with E-state index in [1.165, 1.54) is 6.92 Å². The van der Waals surface area contributed by atoms with Crippen molar-refractivity contribution in [1.82, 2.24) is 4.90 Å². The summed E-state index contributed by atoms with van der Waals surface area (Å²) in [7, 11) is 0. The summed E-state index contributed by atoms with van der Waals surface area (Å²) in [5.74, 6) is -1.50. The van der Waals surface area contributed by atoms with E-state index in [4.69, 9.17) is 5.73 Å². The number of nitrogens with zero attached hydrogens (tertiary/aromatic N) is 1. The quantitative estimate of drug-likeness (QED) is 0.810. The third-order valence-corrected chi connectivity index (χ3v) is 3.60. The molecule has 1 aliphatic rings. The fourth-order valence-corrected chi connectivity index (χ4v) is 2.45. The molecular weight excluding hydrogens is 274 g/mol. The first-order chi connectivity index (χ1) is 8.57. The first-order valence-corrected chi connectivity index (χ1v) is 6.20. The predicted octanol–water partition coefficient (Wildman–Crippen LogP) is 2.93. The van der Waals surface area contributed by atoms with Gasteiger partial charge in [-0.1, -0.05) is 6.92 Å². The molecule has 2 unspecified atom stereocenters. The van der Waals surface area contributed by atoms with Gasteiger partial charge in [-0.05, 0) is 32.4 Å². The van der Waals surface area contributed by atoms with Gasteiger partial charge < -0.3 is 5.73 Å². The number of rotatable bonds is 3. The summed E-state index contributed by atoms with van der Waals surface area (Å²) in [5.41, 5.74) is 5.47. The molecule has 0 aromatic heterocycles. The number of likely N-dealkylation sites (tertiary alicyclic amines) is 1. The molecule has 1 aliphatic heterocycles. The predicted molar refractivity (Wildman–Crippen MR) is 58.5 cm³/mol. The molecule has 0 amide bonds. The molecule has 0 aromatic carbocycles. The number of nitrogens with two attached hydrogens (primary N) is 1. The van der Waals surface area contributed by atoms with E-state index in [-0.39, 0.29) is 32.4 Å². The zero-order valence-corrected chi connectivity index (χ0v) is 10.6. The van der Waals surface area contributed by atoms with Crippen LogP contribution in [0.4, 0.5) is 26.3 Å². The summed E-state index contributed by atoms with van der Waals surface area (Å²) >= 11 is 0. The van der Waals surface area contributed by atoms with E-state index in [9.17, 15) is 26.3 Å². The third-order valence-electron chi connectivity index (χ3n) is 3.60. The van der Waals surface area contributed by atoms with E-state index in [1.807, 2.05) is 0 Å². The van der Waals surface area contributed by atoms with Crippen molar-refractivity contribution in [2.45, 2.75) is 50.6 Å². The lowest BCUT2D eigenvalue weighted by molar-refractivity contribution is -0.210. The molecule has 1 heterocycles. The molecule has 114 valence electrons. The van der Waals surface area contributed by atoms with Crippen molar-refractivity contribution in [3.63, 3.8) is 0 Å². The maximum atomic E-state index is 12.9. The van der Waals surface area contributed by atoms with Crippen molar-refractivity contribution in [3.8, 4) is 0 Å². The lowest BCUT2D eigenvalue weighted by Crippen LogP contribution is -2.58. The van der Waals surface area contributed by atoms with E-state index >= 15 is 0 Å². The fraction of sp³-hybridized carbons (Fsp3) is 1.00. The molecule has 0 radical (unpaired) electrons. The van der Waals surface area contributed by atoms with Crippen LogP contribution in [0.25, 0.3) is 0 Å². The Bertz CT molecular complexity index is 280. The highest BCUT2D eigenvalue weighted by Gasteiger charge is 2.49. The molecule has 1 fully saturated rings. The van der Waals surface area contributed by atoms with Gasteiger partial charge in [0.05, 0.1) is 5.92 Å². The molecule has 0 aromatic rings. The molecule has 0 saturated carbocycles. The normalized spacial score (nSPS) is 23.4. The van der Waals surface area contributed by atoms with Gasteiger partial charge in [-0.3, -0.25) is 4.90 Å². The molecular formula is C11H18F6N2. The van der Waals surface area contributed by atoms with Crippen LogP contribution in [0.3, 0.4) is 0 Å². The standard InChI is InChI=1S/C11H18F6N2/c1-2-8(18)9(11(15,16)17)19-5-3-7(4-6-19)10(12,13)14/h7-9H,2-6,18H2,1H3. The molecule has 8 heteroatoms. The minimum atomic E-state index is -4.51. The first kappa shape index (κ1) is 16.6. The zero-order chi connectivity index (χ0) is 14.8. The summed E-state index contributed by atoms with van der Waals surface area (Å²) in [6, 6.07) is -2.96. The van der Waals surface area contributed by atoms with Crippen LogP contribution in [0.5, 0.6) is 0 Å². The van der Waals surface area contributed by atoms with Gasteiger partial charge >= 0.3 is 12.4 Å². The lowest BCUT2D eigenvalue weighted by atomic mass is 9.93. The Labute approximate surface area is 107 Å². The molecule has 1 rings (SSSR count). The molecule has 2 atom stereocenters. The summed E-state index contributed by atoms with van der Waals surface area (Å²) < 4.78 is 76.2. The van der Waals surface area contributed by atoms with Gasteiger partial charge in [0.15, 0.2) is 0 Å². The second kappa shape index (κ2) is 5.87. The molecule has 2 N–H and O–H groups in total. The summed E-state index contributed by atoms with van der Waals surface area (Å²) in [5, 5.41) is 0. The first-order valence-electron chi connectivity index (χ1n) is 6.20. The van der Waals surface area contributed by atoms with Crippen LogP contribution in [0, 0.1) is 5.92 Å². The second-order valence-corrected chi connectivity index (χ2v) is 4.91. The molecule has 2 nitrogen and oxygen atoms in total. The van der Waals surface area contributed by atoms with E-state index in [0.717, 1.165) is 4.90 Å².